The van der Waals surface area contributed by atoms with Crippen LogP contribution in [0.4, 0.5) is 0 Å². The highest BCUT2D eigenvalue weighted by Gasteiger charge is 2.24. The molecule has 3 heteroatoms. The lowest BCUT2D eigenvalue weighted by molar-refractivity contribution is 0.149. The van der Waals surface area contributed by atoms with Crippen molar-refractivity contribution in [2.75, 3.05) is 0 Å². The molecule has 1 fully saturated rings. The van der Waals surface area contributed by atoms with Gasteiger partial charge in [0.05, 0.1) is 6.10 Å². The van der Waals surface area contributed by atoms with Gasteiger partial charge in [0.1, 0.15) is 0 Å². The Morgan fingerprint density at radius 3 is 3.08 bits per heavy atom. The second kappa shape index (κ2) is 4.22. The van der Waals surface area contributed by atoms with E-state index in [1.807, 2.05) is 0 Å². The molecule has 72 valence electrons. The van der Waals surface area contributed by atoms with Crippen molar-refractivity contribution in [3.05, 3.63) is 22.4 Å². The lowest BCUT2D eigenvalue weighted by Crippen LogP contribution is -2.34. The summed E-state index contributed by atoms with van der Waals surface area (Å²) in [4.78, 5) is 1.35. The molecule has 0 saturated heterocycles. The number of thiophene rings is 1. The van der Waals surface area contributed by atoms with E-state index < -0.39 is 0 Å². The summed E-state index contributed by atoms with van der Waals surface area (Å²) in [5, 5.41) is 15.0. The second-order valence-electron chi connectivity index (χ2n) is 3.57. The average Bonchev–Trinajstić information content (AvgIpc) is 2.72. The van der Waals surface area contributed by atoms with E-state index in [0.29, 0.717) is 6.04 Å². The number of aliphatic hydroxyl groups excluding tert-OH is 1. The van der Waals surface area contributed by atoms with Gasteiger partial charge in [0.15, 0.2) is 0 Å². The third-order valence-electron chi connectivity index (χ3n) is 2.60. The largest absolute Gasteiger partial charge is 0.392 e. The molecule has 0 bridgehead atoms. The first-order valence-corrected chi connectivity index (χ1v) is 5.68. The van der Waals surface area contributed by atoms with Crippen LogP contribution in [0.1, 0.15) is 24.1 Å². The molecule has 1 aliphatic rings. The van der Waals surface area contributed by atoms with Gasteiger partial charge in [-0.3, -0.25) is 0 Å². The fourth-order valence-corrected chi connectivity index (χ4v) is 2.48. The average molecular weight is 197 g/mol. The van der Waals surface area contributed by atoms with Crippen molar-refractivity contribution in [2.45, 2.75) is 38.0 Å². The third-order valence-corrected chi connectivity index (χ3v) is 3.47. The Balaban J connectivity index is 1.79. The van der Waals surface area contributed by atoms with Gasteiger partial charge >= 0.3 is 0 Å². The minimum atomic E-state index is -0.125. The Morgan fingerprint density at radius 1 is 1.54 bits per heavy atom. The molecule has 0 spiro atoms. The van der Waals surface area contributed by atoms with Gasteiger partial charge in [-0.05, 0) is 30.7 Å². The molecular weight excluding hydrogens is 182 g/mol. The first-order chi connectivity index (χ1) is 6.36. The van der Waals surface area contributed by atoms with Gasteiger partial charge in [-0.2, -0.15) is 0 Å². The molecule has 1 aliphatic carbocycles. The van der Waals surface area contributed by atoms with E-state index in [2.05, 4.69) is 22.8 Å². The Hall–Kier alpha value is -0.380. The van der Waals surface area contributed by atoms with E-state index in [0.717, 1.165) is 25.8 Å². The van der Waals surface area contributed by atoms with E-state index in [1.54, 1.807) is 11.3 Å². The van der Waals surface area contributed by atoms with Crippen LogP contribution in [0.2, 0.25) is 0 Å². The summed E-state index contributed by atoms with van der Waals surface area (Å²) in [6.07, 6.45) is 3.11. The van der Waals surface area contributed by atoms with Crippen LogP contribution in [-0.4, -0.2) is 17.3 Å². The molecule has 2 rings (SSSR count). The van der Waals surface area contributed by atoms with E-state index in [4.69, 9.17) is 0 Å². The van der Waals surface area contributed by atoms with E-state index in [-0.39, 0.29) is 6.10 Å². The van der Waals surface area contributed by atoms with Crippen LogP contribution in [0.25, 0.3) is 0 Å². The number of hydrogen-bond donors (Lipinski definition) is 2. The Bertz CT molecular complexity index is 247. The number of aliphatic hydroxyl groups is 1. The molecule has 1 aromatic rings. The lowest BCUT2D eigenvalue weighted by atomic mass is 10.2. The molecule has 1 saturated carbocycles. The van der Waals surface area contributed by atoms with Crippen LogP contribution in [0.3, 0.4) is 0 Å². The minimum absolute atomic E-state index is 0.125. The first kappa shape index (κ1) is 9.19. The van der Waals surface area contributed by atoms with Crippen molar-refractivity contribution < 1.29 is 5.11 Å². The SMILES string of the molecule is OC1CCCC1NCc1cccs1. The van der Waals surface area contributed by atoms with Gasteiger partial charge in [0.2, 0.25) is 0 Å². The van der Waals surface area contributed by atoms with Crippen LogP contribution in [0.5, 0.6) is 0 Å². The summed E-state index contributed by atoms with van der Waals surface area (Å²) in [6.45, 7) is 0.902. The molecule has 2 nitrogen and oxygen atoms in total. The van der Waals surface area contributed by atoms with Crippen molar-refractivity contribution in [3.63, 3.8) is 0 Å². The molecule has 1 aromatic heterocycles. The number of rotatable bonds is 3. The summed E-state index contributed by atoms with van der Waals surface area (Å²) in [5.74, 6) is 0. The summed E-state index contributed by atoms with van der Waals surface area (Å²) in [5.41, 5.74) is 0. The lowest BCUT2D eigenvalue weighted by Gasteiger charge is -2.15. The highest BCUT2D eigenvalue weighted by Crippen LogP contribution is 2.19. The van der Waals surface area contributed by atoms with Gasteiger partial charge in [-0.25, -0.2) is 0 Å². The first-order valence-electron chi connectivity index (χ1n) is 4.80. The Morgan fingerprint density at radius 2 is 2.46 bits per heavy atom. The zero-order chi connectivity index (χ0) is 9.10. The van der Waals surface area contributed by atoms with Crippen molar-refractivity contribution in [2.24, 2.45) is 0 Å². The van der Waals surface area contributed by atoms with Crippen LogP contribution >= 0.6 is 11.3 Å². The maximum absolute atomic E-state index is 9.56. The summed E-state index contributed by atoms with van der Waals surface area (Å²) < 4.78 is 0. The molecule has 0 aromatic carbocycles. The van der Waals surface area contributed by atoms with Crippen LogP contribution < -0.4 is 5.32 Å². The summed E-state index contributed by atoms with van der Waals surface area (Å²) >= 11 is 1.76. The predicted molar refractivity (Wildman–Crippen MR) is 54.8 cm³/mol. The third kappa shape index (κ3) is 2.30. The Kier molecular flexibility index (Phi) is 2.98. The van der Waals surface area contributed by atoms with Crippen molar-refractivity contribution >= 4 is 11.3 Å². The fraction of sp³-hybridized carbons (Fsp3) is 0.600. The van der Waals surface area contributed by atoms with Crippen molar-refractivity contribution in [3.8, 4) is 0 Å². The zero-order valence-corrected chi connectivity index (χ0v) is 8.39. The minimum Gasteiger partial charge on any atom is -0.392 e. The maximum Gasteiger partial charge on any atom is 0.0693 e. The van der Waals surface area contributed by atoms with Gasteiger partial charge in [0.25, 0.3) is 0 Å². The summed E-state index contributed by atoms with van der Waals surface area (Å²) in [7, 11) is 0. The predicted octanol–water partition coefficient (Wildman–Crippen LogP) is 1.75. The zero-order valence-electron chi connectivity index (χ0n) is 7.57. The Labute approximate surface area is 82.6 Å². The molecule has 0 radical (unpaired) electrons. The van der Waals surface area contributed by atoms with E-state index >= 15 is 0 Å². The number of hydrogen-bond acceptors (Lipinski definition) is 3. The highest BCUT2D eigenvalue weighted by atomic mass is 32.1. The molecule has 13 heavy (non-hydrogen) atoms. The van der Waals surface area contributed by atoms with Crippen LogP contribution in [-0.2, 0) is 6.54 Å². The van der Waals surface area contributed by atoms with E-state index in [1.165, 1.54) is 4.88 Å². The van der Waals surface area contributed by atoms with E-state index in [9.17, 15) is 5.11 Å². The van der Waals surface area contributed by atoms with Crippen molar-refractivity contribution in [1.29, 1.82) is 0 Å². The molecule has 2 unspecified atom stereocenters. The van der Waals surface area contributed by atoms with Gasteiger partial charge in [-0.1, -0.05) is 6.07 Å². The fourth-order valence-electron chi connectivity index (χ4n) is 1.82. The smallest absolute Gasteiger partial charge is 0.0693 e. The molecular formula is C10H15NOS. The van der Waals surface area contributed by atoms with Gasteiger partial charge in [-0.15, -0.1) is 11.3 Å². The highest BCUT2D eigenvalue weighted by molar-refractivity contribution is 7.09. The molecule has 2 atom stereocenters. The molecule has 0 amide bonds. The normalized spacial score (nSPS) is 28.1. The van der Waals surface area contributed by atoms with Crippen molar-refractivity contribution in [1.82, 2.24) is 5.32 Å². The number of nitrogens with one attached hydrogen (secondary N) is 1. The van der Waals surface area contributed by atoms with Crippen LogP contribution in [0, 0.1) is 0 Å². The summed E-state index contributed by atoms with van der Waals surface area (Å²) in [6, 6.07) is 4.51. The van der Waals surface area contributed by atoms with Crippen LogP contribution in [0.15, 0.2) is 17.5 Å². The van der Waals surface area contributed by atoms with Gasteiger partial charge in [0, 0.05) is 17.5 Å². The second-order valence-corrected chi connectivity index (χ2v) is 4.60. The molecule has 1 heterocycles. The topological polar surface area (TPSA) is 32.3 Å². The molecule has 2 N–H and O–H groups in total. The molecule has 0 aliphatic heterocycles. The standard InChI is InChI=1S/C10H15NOS/c12-10-5-1-4-9(10)11-7-8-3-2-6-13-8/h2-3,6,9-12H,1,4-5,7H2. The monoisotopic (exact) mass is 197 g/mol. The maximum atomic E-state index is 9.56. The quantitative estimate of drug-likeness (QED) is 0.773. The van der Waals surface area contributed by atoms with Gasteiger partial charge < -0.3 is 10.4 Å².